The Morgan fingerprint density at radius 3 is 2.20 bits per heavy atom. The number of carbonyl (C=O) groups excluding carboxylic acids is 1. The maximum absolute atomic E-state index is 12.8. The van der Waals surface area contributed by atoms with Crippen LogP contribution in [0.5, 0.6) is 5.75 Å². The van der Waals surface area contributed by atoms with Crippen molar-refractivity contribution in [3.63, 3.8) is 0 Å². The maximum atomic E-state index is 12.8. The van der Waals surface area contributed by atoms with E-state index in [-0.39, 0.29) is 17.1 Å². The van der Waals surface area contributed by atoms with Gasteiger partial charge in [0.25, 0.3) is 5.91 Å². The van der Waals surface area contributed by atoms with Gasteiger partial charge in [0.15, 0.2) is 0 Å². The van der Waals surface area contributed by atoms with E-state index in [1.807, 2.05) is 11.0 Å². The predicted molar refractivity (Wildman–Crippen MR) is 107 cm³/mol. The van der Waals surface area contributed by atoms with E-state index in [2.05, 4.69) is 33.9 Å². The van der Waals surface area contributed by atoms with E-state index in [0.717, 1.165) is 38.9 Å². The highest BCUT2D eigenvalue weighted by Gasteiger charge is 2.42. The molecule has 2 heterocycles. The van der Waals surface area contributed by atoms with E-state index in [0.29, 0.717) is 18.7 Å². The summed E-state index contributed by atoms with van der Waals surface area (Å²) in [6, 6.07) is 15.6. The van der Waals surface area contributed by atoms with Gasteiger partial charge in [-0.15, -0.1) is 13.2 Å². The summed E-state index contributed by atoms with van der Waals surface area (Å²) in [6.45, 7) is 4.39. The first-order chi connectivity index (χ1) is 14.3. The number of halogens is 3. The molecular formula is C23H25F3N2O2. The highest BCUT2D eigenvalue weighted by atomic mass is 19.4. The molecule has 0 unspecified atom stereocenters. The molecule has 0 saturated carbocycles. The molecule has 0 aromatic heterocycles. The third-order valence-corrected chi connectivity index (χ3v) is 6.23. The predicted octanol–water partition coefficient (Wildman–Crippen LogP) is 4.71. The maximum Gasteiger partial charge on any atom is 0.573 e. The lowest BCUT2D eigenvalue weighted by molar-refractivity contribution is -0.274. The van der Waals surface area contributed by atoms with Crippen molar-refractivity contribution >= 4 is 5.91 Å². The number of hydrogen-bond acceptors (Lipinski definition) is 3. The van der Waals surface area contributed by atoms with Crippen LogP contribution in [0.25, 0.3) is 0 Å². The standard InChI is InChI=1S/C23H25F3N2O2/c24-23(25,26)30-20-8-6-19(7-9-20)21(29)28-15-12-22(17-28)10-13-27(14-11-22)16-18-4-2-1-3-5-18/h1-9H,10-17H2. The average Bonchev–Trinajstić information content (AvgIpc) is 3.13. The third-order valence-electron chi connectivity index (χ3n) is 6.23. The smallest absolute Gasteiger partial charge is 0.406 e. The van der Waals surface area contributed by atoms with Gasteiger partial charge in [0.1, 0.15) is 5.75 Å². The van der Waals surface area contributed by atoms with Crippen molar-refractivity contribution in [2.24, 2.45) is 5.41 Å². The molecule has 0 radical (unpaired) electrons. The van der Waals surface area contributed by atoms with E-state index in [1.54, 1.807) is 0 Å². The fourth-order valence-electron chi connectivity index (χ4n) is 4.53. The van der Waals surface area contributed by atoms with Crippen LogP contribution in [0.3, 0.4) is 0 Å². The Labute approximate surface area is 174 Å². The van der Waals surface area contributed by atoms with Crippen molar-refractivity contribution in [2.75, 3.05) is 26.2 Å². The van der Waals surface area contributed by atoms with Gasteiger partial charge in [0.2, 0.25) is 0 Å². The van der Waals surface area contributed by atoms with E-state index in [1.165, 1.54) is 29.8 Å². The Bertz CT molecular complexity index is 860. The van der Waals surface area contributed by atoms with Crippen molar-refractivity contribution in [3.8, 4) is 5.75 Å². The lowest BCUT2D eigenvalue weighted by Crippen LogP contribution is -2.41. The van der Waals surface area contributed by atoms with E-state index in [4.69, 9.17) is 0 Å². The van der Waals surface area contributed by atoms with Gasteiger partial charge in [-0.1, -0.05) is 30.3 Å². The molecule has 4 rings (SSSR count). The monoisotopic (exact) mass is 418 g/mol. The van der Waals surface area contributed by atoms with Crippen molar-refractivity contribution in [1.29, 1.82) is 0 Å². The zero-order chi connectivity index (χ0) is 21.2. The highest BCUT2D eigenvalue weighted by Crippen LogP contribution is 2.41. The minimum absolute atomic E-state index is 0.128. The zero-order valence-electron chi connectivity index (χ0n) is 16.7. The van der Waals surface area contributed by atoms with Crippen LogP contribution in [0.2, 0.25) is 0 Å². The first kappa shape index (κ1) is 20.7. The second-order valence-electron chi connectivity index (χ2n) is 8.31. The van der Waals surface area contributed by atoms with Crippen molar-refractivity contribution in [3.05, 3.63) is 65.7 Å². The number of benzene rings is 2. The van der Waals surface area contributed by atoms with Crippen LogP contribution in [0.15, 0.2) is 54.6 Å². The van der Waals surface area contributed by atoms with Crippen molar-refractivity contribution in [1.82, 2.24) is 9.80 Å². The topological polar surface area (TPSA) is 32.8 Å². The van der Waals surface area contributed by atoms with Crippen LogP contribution in [0.1, 0.15) is 35.2 Å². The lowest BCUT2D eigenvalue weighted by Gasteiger charge is -2.39. The third kappa shape index (κ3) is 4.95. The second-order valence-corrected chi connectivity index (χ2v) is 8.31. The van der Waals surface area contributed by atoms with Crippen molar-refractivity contribution in [2.45, 2.75) is 32.2 Å². The molecule has 2 saturated heterocycles. The van der Waals surface area contributed by atoms with Crippen LogP contribution < -0.4 is 4.74 Å². The minimum Gasteiger partial charge on any atom is -0.406 e. The number of ether oxygens (including phenoxy) is 1. The first-order valence-electron chi connectivity index (χ1n) is 10.2. The first-order valence-corrected chi connectivity index (χ1v) is 10.2. The number of alkyl halides is 3. The summed E-state index contributed by atoms with van der Waals surface area (Å²) >= 11 is 0. The highest BCUT2D eigenvalue weighted by molar-refractivity contribution is 5.94. The number of hydrogen-bond donors (Lipinski definition) is 0. The molecule has 0 aliphatic carbocycles. The Morgan fingerprint density at radius 2 is 1.57 bits per heavy atom. The summed E-state index contributed by atoms with van der Waals surface area (Å²) in [5, 5.41) is 0. The number of amides is 1. The van der Waals surface area contributed by atoms with Gasteiger partial charge >= 0.3 is 6.36 Å². The number of rotatable bonds is 4. The summed E-state index contributed by atoms with van der Waals surface area (Å²) in [4.78, 5) is 17.1. The molecule has 2 aromatic carbocycles. The molecule has 7 heteroatoms. The molecule has 2 aliphatic heterocycles. The molecule has 0 N–H and O–H groups in total. The van der Waals surface area contributed by atoms with E-state index < -0.39 is 6.36 Å². The largest absolute Gasteiger partial charge is 0.573 e. The Kier molecular flexibility index (Phi) is 5.73. The molecule has 1 amide bonds. The Morgan fingerprint density at radius 1 is 0.933 bits per heavy atom. The summed E-state index contributed by atoms with van der Waals surface area (Å²) < 4.78 is 40.8. The molecule has 1 spiro atoms. The summed E-state index contributed by atoms with van der Waals surface area (Å²) in [6.07, 6.45) is -1.64. The molecule has 160 valence electrons. The van der Waals surface area contributed by atoms with Gasteiger partial charge < -0.3 is 9.64 Å². The molecule has 2 fully saturated rings. The van der Waals surface area contributed by atoms with Crippen LogP contribution in [0, 0.1) is 5.41 Å². The van der Waals surface area contributed by atoms with Crippen LogP contribution >= 0.6 is 0 Å². The summed E-state index contributed by atoms with van der Waals surface area (Å²) in [7, 11) is 0. The minimum atomic E-state index is -4.73. The molecular weight excluding hydrogens is 393 g/mol. The molecule has 2 aromatic rings. The average molecular weight is 418 g/mol. The molecule has 2 aliphatic rings. The molecule has 30 heavy (non-hydrogen) atoms. The quantitative estimate of drug-likeness (QED) is 0.721. The zero-order valence-corrected chi connectivity index (χ0v) is 16.7. The van der Waals surface area contributed by atoms with Gasteiger partial charge in [-0.3, -0.25) is 9.69 Å². The number of carbonyl (C=O) groups is 1. The Balaban J connectivity index is 1.31. The fourth-order valence-corrected chi connectivity index (χ4v) is 4.53. The Hall–Kier alpha value is -2.54. The van der Waals surface area contributed by atoms with Gasteiger partial charge in [0.05, 0.1) is 0 Å². The fraction of sp³-hybridized carbons (Fsp3) is 0.435. The number of nitrogens with zero attached hydrogens (tertiary/aromatic N) is 2. The van der Waals surface area contributed by atoms with Crippen LogP contribution in [-0.4, -0.2) is 48.2 Å². The normalized spacial score (nSPS) is 19.2. The number of piperidine rings is 1. The van der Waals surface area contributed by atoms with E-state index in [9.17, 15) is 18.0 Å². The SMILES string of the molecule is O=C(c1ccc(OC(F)(F)F)cc1)N1CCC2(CCN(Cc3ccccc3)CC2)C1. The van der Waals surface area contributed by atoms with Crippen LogP contribution in [-0.2, 0) is 6.54 Å². The number of likely N-dealkylation sites (tertiary alicyclic amines) is 2. The lowest BCUT2D eigenvalue weighted by atomic mass is 9.77. The summed E-state index contributed by atoms with van der Waals surface area (Å²) in [5.74, 6) is -0.445. The van der Waals surface area contributed by atoms with Gasteiger partial charge in [-0.25, -0.2) is 0 Å². The van der Waals surface area contributed by atoms with Gasteiger partial charge in [-0.05, 0) is 67.6 Å². The summed E-state index contributed by atoms with van der Waals surface area (Å²) in [5.41, 5.74) is 1.86. The molecule has 4 nitrogen and oxygen atoms in total. The molecule has 0 atom stereocenters. The van der Waals surface area contributed by atoms with Gasteiger partial charge in [-0.2, -0.15) is 0 Å². The van der Waals surface area contributed by atoms with E-state index >= 15 is 0 Å². The molecule has 0 bridgehead atoms. The van der Waals surface area contributed by atoms with Gasteiger partial charge in [0, 0.05) is 25.2 Å². The second kappa shape index (κ2) is 8.30. The van der Waals surface area contributed by atoms with Crippen molar-refractivity contribution < 1.29 is 22.7 Å². The van der Waals surface area contributed by atoms with Crippen LogP contribution in [0.4, 0.5) is 13.2 Å².